The van der Waals surface area contributed by atoms with E-state index in [9.17, 15) is 5.11 Å². The zero-order valence-electron chi connectivity index (χ0n) is 13.9. The van der Waals surface area contributed by atoms with Gasteiger partial charge in [0, 0.05) is 24.5 Å². The van der Waals surface area contributed by atoms with Crippen LogP contribution in [0.15, 0.2) is 30.3 Å². The van der Waals surface area contributed by atoms with Crippen molar-refractivity contribution in [1.82, 2.24) is 4.90 Å². The van der Waals surface area contributed by atoms with Crippen molar-refractivity contribution in [2.24, 2.45) is 11.3 Å². The van der Waals surface area contributed by atoms with Crippen LogP contribution in [0.5, 0.6) is 0 Å². The maximum Gasteiger partial charge on any atom is 0.0853 e. The first kappa shape index (κ1) is 17.2. The highest BCUT2D eigenvalue weighted by Gasteiger charge is 2.32. The van der Waals surface area contributed by atoms with E-state index in [0.717, 1.165) is 18.7 Å². The first-order valence-electron chi connectivity index (χ1n) is 7.71. The summed E-state index contributed by atoms with van der Waals surface area (Å²) < 4.78 is 0. The first-order valence-corrected chi connectivity index (χ1v) is 7.71. The molecule has 0 spiro atoms. The van der Waals surface area contributed by atoms with E-state index >= 15 is 0 Å². The van der Waals surface area contributed by atoms with Gasteiger partial charge in [-0.3, -0.25) is 0 Å². The molecular formula is C18H31NO. The van der Waals surface area contributed by atoms with Gasteiger partial charge in [0.25, 0.3) is 0 Å². The van der Waals surface area contributed by atoms with Crippen LogP contribution in [-0.4, -0.2) is 29.1 Å². The number of hydrogen-bond acceptors (Lipinski definition) is 2. The molecule has 0 amide bonds. The second-order valence-corrected chi connectivity index (χ2v) is 7.22. The van der Waals surface area contributed by atoms with Crippen LogP contribution in [-0.2, 0) is 0 Å². The smallest absolute Gasteiger partial charge is 0.0853 e. The van der Waals surface area contributed by atoms with Crippen LogP contribution in [0.2, 0.25) is 0 Å². The third kappa shape index (κ3) is 4.92. The summed E-state index contributed by atoms with van der Waals surface area (Å²) in [6.07, 6.45) is -0.433. The Morgan fingerprint density at radius 2 is 1.60 bits per heavy atom. The Bertz CT molecular complexity index is 384. The van der Waals surface area contributed by atoms with Crippen LogP contribution in [0.1, 0.15) is 53.2 Å². The number of aliphatic hydroxyl groups excluding tert-OH is 1. The van der Waals surface area contributed by atoms with Gasteiger partial charge in [-0.05, 0) is 25.3 Å². The van der Waals surface area contributed by atoms with Crippen LogP contribution in [0.25, 0.3) is 0 Å². The van der Waals surface area contributed by atoms with E-state index in [4.69, 9.17) is 0 Å². The summed E-state index contributed by atoms with van der Waals surface area (Å²) in [6.45, 7) is 15.2. The summed E-state index contributed by atoms with van der Waals surface area (Å²) in [4.78, 5) is 2.47. The molecule has 114 valence electrons. The van der Waals surface area contributed by atoms with Gasteiger partial charge < -0.3 is 10.0 Å². The predicted molar refractivity (Wildman–Crippen MR) is 86.7 cm³/mol. The number of rotatable bonds is 7. The zero-order chi connectivity index (χ0) is 15.3. The molecule has 0 bridgehead atoms. The summed E-state index contributed by atoms with van der Waals surface area (Å²) >= 11 is 0. The predicted octanol–water partition coefficient (Wildman–Crippen LogP) is 4.11. The minimum absolute atomic E-state index is 0.166. The van der Waals surface area contributed by atoms with Crippen LogP contribution in [0.4, 0.5) is 0 Å². The van der Waals surface area contributed by atoms with Crippen LogP contribution >= 0.6 is 0 Å². The number of benzene rings is 1. The molecule has 1 atom stereocenters. The minimum Gasteiger partial charge on any atom is -0.388 e. The Kier molecular flexibility index (Phi) is 6.22. The molecule has 2 heteroatoms. The van der Waals surface area contributed by atoms with Crippen molar-refractivity contribution in [2.75, 3.05) is 13.1 Å². The minimum atomic E-state index is -0.433. The lowest BCUT2D eigenvalue weighted by Gasteiger charge is -2.39. The molecule has 0 saturated carbocycles. The molecule has 0 aliphatic carbocycles. The van der Waals surface area contributed by atoms with Gasteiger partial charge in [-0.2, -0.15) is 0 Å². The third-order valence-corrected chi connectivity index (χ3v) is 3.80. The summed E-state index contributed by atoms with van der Waals surface area (Å²) in [5.41, 5.74) is 0.839. The van der Waals surface area contributed by atoms with Gasteiger partial charge in [-0.15, -0.1) is 0 Å². The standard InChI is InChI=1S/C18H31NO/c1-14(2)12-19(15(3)4)13-18(5,6)17(20)16-10-8-7-9-11-16/h7-11,14-15,17,20H,12-13H2,1-6H3. The van der Waals surface area contributed by atoms with Gasteiger partial charge in [0.05, 0.1) is 6.10 Å². The first-order chi connectivity index (χ1) is 9.24. The topological polar surface area (TPSA) is 23.5 Å². The molecule has 1 N–H and O–H groups in total. The zero-order valence-corrected chi connectivity index (χ0v) is 13.9. The lowest BCUT2D eigenvalue weighted by atomic mass is 9.81. The molecule has 1 rings (SSSR count). The van der Waals surface area contributed by atoms with Gasteiger partial charge in [-0.25, -0.2) is 0 Å². The lowest BCUT2D eigenvalue weighted by molar-refractivity contribution is 0.00959. The number of aliphatic hydroxyl groups is 1. The third-order valence-electron chi connectivity index (χ3n) is 3.80. The highest BCUT2D eigenvalue weighted by molar-refractivity contribution is 5.19. The monoisotopic (exact) mass is 277 g/mol. The molecule has 0 aliphatic rings. The second-order valence-electron chi connectivity index (χ2n) is 7.22. The van der Waals surface area contributed by atoms with Crippen LogP contribution in [0.3, 0.4) is 0 Å². The van der Waals surface area contributed by atoms with Gasteiger partial charge >= 0.3 is 0 Å². The molecule has 1 aromatic rings. The Balaban J connectivity index is 2.81. The largest absolute Gasteiger partial charge is 0.388 e. The van der Waals surface area contributed by atoms with Gasteiger partial charge in [0.15, 0.2) is 0 Å². The summed E-state index contributed by atoms with van der Waals surface area (Å²) in [7, 11) is 0. The normalized spacial score (nSPS) is 14.3. The molecule has 0 saturated heterocycles. The Labute approximate surface area is 124 Å². The maximum atomic E-state index is 10.7. The van der Waals surface area contributed by atoms with Crippen molar-refractivity contribution in [1.29, 1.82) is 0 Å². The number of nitrogens with zero attached hydrogens (tertiary/aromatic N) is 1. The molecule has 0 aromatic heterocycles. The van der Waals surface area contributed by atoms with Gasteiger partial charge in [0.2, 0.25) is 0 Å². The molecule has 0 radical (unpaired) electrons. The van der Waals surface area contributed by atoms with E-state index in [-0.39, 0.29) is 5.41 Å². The molecule has 2 nitrogen and oxygen atoms in total. The fourth-order valence-electron chi connectivity index (χ4n) is 2.62. The van der Waals surface area contributed by atoms with Crippen LogP contribution in [0, 0.1) is 11.3 Å². The Morgan fingerprint density at radius 1 is 1.05 bits per heavy atom. The Hall–Kier alpha value is -0.860. The number of hydrogen-bond donors (Lipinski definition) is 1. The van der Waals surface area contributed by atoms with Gasteiger partial charge in [-0.1, -0.05) is 58.0 Å². The summed E-state index contributed by atoms with van der Waals surface area (Å²) in [5.74, 6) is 0.641. The van der Waals surface area contributed by atoms with E-state index in [1.165, 1.54) is 0 Å². The highest BCUT2D eigenvalue weighted by Crippen LogP contribution is 2.34. The lowest BCUT2D eigenvalue weighted by Crippen LogP contribution is -2.43. The van der Waals surface area contributed by atoms with Crippen molar-refractivity contribution in [3.05, 3.63) is 35.9 Å². The fourth-order valence-corrected chi connectivity index (χ4v) is 2.62. The highest BCUT2D eigenvalue weighted by atomic mass is 16.3. The van der Waals surface area contributed by atoms with E-state index in [1.54, 1.807) is 0 Å². The molecule has 0 aliphatic heterocycles. The van der Waals surface area contributed by atoms with Crippen molar-refractivity contribution in [3.8, 4) is 0 Å². The average molecular weight is 277 g/mol. The maximum absolute atomic E-state index is 10.7. The second kappa shape index (κ2) is 7.24. The summed E-state index contributed by atoms with van der Waals surface area (Å²) in [5, 5.41) is 10.7. The van der Waals surface area contributed by atoms with Crippen LogP contribution < -0.4 is 0 Å². The van der Waals surface area contributed by atoms with Gasteiger partial charge in [0.1, 0.15) is 0 Å². The van der Waals surface area contributed by atoms with Crippen molar-refractivity contribution in [3.63, 3.8) is 0 Å². The van der Waals surface area contributed by atoms with Crippen molar-refractivity contribution < 1.29 is 5.11 Å². The van der Waals surface area contributed by atoms with E-state index in [1.807, 2.05) is 30.3 Å². The molecule has 0 heterocycles. The van der Waals surface area contributed by atoms with E-state index in [0.29, 0.717) is 12.0 Å². The molecule has 0 fully saturated rings. The fraction of sp³-hybridized carbons (Fsp3) is 0.667. The molecular weight excluding hydrogens is 246 g/mol. The molecule has 1 aromatic carbocycles. The average Bonchev–Trinajstić information content (AvgIpc) is 2.37. The van der Waals surface area contributed by atoms with Crippen molar-refractivity contribution >= 4 is 0 Å². The quantitative estimate of drug-likeness (QED) is 0.810. The molecule has 1 unspecified atom stereocenters. The van der Waals surface area contributed by atoms with Crippen molar-refractivity contribution in [2.45, 2.75) is 53.7 Å². The SMILES string of the molecule is CC(C)CN(CC(C)(C)C(O)c1ccccc1)C(C)C. The molecule has 20 heavy (non-hydrogen) atoms. The Morgan fingerprint density at radius 3 is 2.05 bits per heavy atom. The summed E-state index contributed by atoms with van der Waals surface area (Å²) in [6, 6.07) is 10.5. The van der Waals surface area contributed by atoms with E-state index < -0.39 is 6.10 Å². The van der Waals surface area contributed by atoms with E-state index in [2.05, 4.69) is 46.4 Å².